The summed E-state index contributed by atoms with van der Waals surface area (Å²) in [5.74, 6) is -1.11. The second-order valence-corrected chi connectivity index (χ2v) is 2.43. The quantitative estimate of drug-likeness (QED) is 0.161. The predicted octanol–water partition coefficient (Wildman–Crippen LogP) is -1.34. The number of carbonyl (C=O) groups is 1. The zero-order chi connectivity index (χ0) is 9.56. The fourth-order valence-electron chi connectivity index (χ4n) is 0.669. The number of aliphatic carboxylic acids is 1. The molecule has 1 atom stereocenters. The molecule has 0 rings (SSSR count). The van der Waals surface area contributed by atoms with Crippen LogP contribution in [0.25, 0.3) is 0 Å². The molecule has 0 radical (unpaired) electrons. The molecule has 0 heterocycles. The fourth-order valence-corrected chi connectivity index (χ4v) is 0.669. The van der Waals surface area contributed by atoms with Gasteiger partial charge < -0.3 is 21.9 Å². The van der Waals surface area contributed by atoms with Gasteiger partial charge in [0.25, 0.3) is 0 Å². The van der Waals surface area contributed by atoms with Gasteiger partial charge in [-0.2, -0.15) is 0 Å². The summed E-state index contributed by atoms with van der Waals surface area (Å²) in [6.45, 7) is 0.482. The molecule has 0 aliphatic carbocycles. The Kier molecular flexibility index (Phi) is 15.2. The standard InChI is InChI=1S/C6H14N4O2.Ni.Pt/c7-4(5(11)12)2-1-3-10-6(8)9;;/h4H,1-3,7H2,(H,11,12)(H4,8,9,10);;. The monoisotopic (exact) mass is 427 g/mol. The number of carboxylic acid groups (broad SMARTS) is 1. The van der Waals surface area contributed by atoms with E-state index in [0.717, 1.165) is 0 Å². The number of hydrogen-bond acceptors (Lipinski definition) is 3. The SMILES string of the molecule is N=C(N)NCCCC(N)C(=O)O.[Ni].[Pt]. The number of rotatable bonds is 5. The third kappa shape index (κ3) is 11.9. The Morgan fingerprint density at radius 2 is 2.07 bits per heavy atom. The van der Waals surface area contributed by atoms with E-state index in [1.165, 1.54) is 0 Å². The molecule has 6 nitrogen and oxygen atoms in total. The van der Waals surface area contributed by atoms with Gasteiger partial charge in [0.1, 0.15) is 6.04 Å². The van der Waals surface area contributed by atoms with Gasteiger partial charge in [-0.05, 0) is 12.8 Å². The van der Waals surface area contributed by atoms with Crippen LogP contribution in [-0.4, -0.2) is 29.6 Å². The van der Waals surface area contributed by atoms with Crippen LogP contribution in [0.1, 0.15) is 12.8 Å². The van der Waals surface area contributed by atoms with Gasteiger partial charge >= 0.3 is 5.97 Å². The molecule has 0 spiro atoms. The Labute approximate surface area is 107 Å². The van der Waals surface area contributed by atoms with Gasteiger partial charge in [-0.1, -0.05) is 0 Å². The minimum atomic E-state index is -1.00. The molecule has 0 saturated carbocycles. The van der Waals surface area contributed by atoms with Crippen LogP contribution in [0.2, 0.25) is 0 Å². The Balaban J connectivity index is -0.000000605. The van der Waals surface area contributed by atoms with Crippen LogP contribution in [0.4, 0.5) is 0 Å². The van der Waals surface area contributed by atoms with E-state index in [9.17, 15) is 4.79 Å². The van der Waals surface area contributed by atoms with Gasteiger partial charge in [0.2, 0.25) is 0 Å². The first-order chi connectivity index (χ1) is 5.54. The van der Waals surface area contributed by atoms with Crippen molar-refractivity contribution >= 4 is 11.9 Å². The van der Waals surface area contributed by atoms with Gasteiger partial charge in [0, 0.05) is 44.1 Å². The summed E-state index contributed by atoms with van der Waals surface area (Å²) >= 11 is 0. The molecule has 0 aromatic carbocycles. The van der Waals surface area contributed by atoms with E-state index in [1.807, 2.05) is 0 Å². The van der Waals surface area contributed by atoms with Crippen molar-refractivity contribution in [3.8, 4) is 0 Å². The minimum Gasteiger partial charge on any atom is -0.480 e. The number of carboxylic acids is 1. The van der Waals surface area contributed by atoms with Crippen LogP contribution in [0, 0.1) is 5.41 Å². The normalized spacial score (nSPS) is 10.4. The van der Waals surface area contributed by atoms with Crippen molar-refractivity contribution in [1.29, 1.82) is 5.41 Å². The maximum atomic E-state index is 10.2. The van der Waals surface area contributed by atoms with Crippen LogP contribution >= 0.6 is 0 Å². The number of nitrogens with two attached hydrogens (primary N) is 2. The molecule has 90 valence electrons. The summed E-state index contributed by atoms with van der Waals surface area (Å²) in [6.07, 6.45) is 0.975. The van der Waals surface area contributed by atoms with E-state index in [4.69, 9.17) is 22.0 Å². The van der Waals surface area contributed by atoms with Crippen LogP contribution in [0.15, 0.2) is 0 Å². The third-order valence-corrected chi connectivity index (χ3v) is 1.32. The van der Waals surface area contributed by atoms with Gasteiger partial charge in [-0.15, -0.1) is 0 Å². The molecule has 0 saturated heterocycles. The molecular formula is C6H14N4NiO2Pt. The summed E-state index contributed by atoms with van der Waals surface area (Å²) in [4.78, 5) is 10.2. The Bertz CT molecular complexity index is 181. The average molecular weight is 428 g/mol. The molecule has 0 aromatic heterocycles. The van der Waals surface area contributed by atoms with Crippen molar-refractivity contribution in [2.24, 2.45) is 11.5 Å². The summed E-state index contributed by atoms with van der Waals surface area (Å²) < 4.78 is 0. The van der Waals surface area contributed by atoms with Crippen LogP contribution in [0.3, 0.4) is 0 Å². The summed E-state index contributed by atoms with van der Waals surface area (Å²) in [7, 11) is 0. The summed E-state index contributed by atoms with van der Waals surface area (Å²) in [5.41, 5.74) is 10.2. The topological polar surface area (TPSA) is 125 Å². The zero-order valence-electron chi connectivity index (χ0n) is 7.34. The van der Waals surface area contributed by atoms with Crippen molar-refractivity contribution in [2.45, 2.75) is 18.9 Å². The van der Waals surface area contributed by atoms with Gasteiger partial charge in [-0.25, -0.2) is 0 Å². The number of guanidine groups is 1. The van der Waals surface area contributed by atoms with Crippen LogP contribution in [-0.2, 0) is 42.4 Å². The zero-order valence-corrected chi connectivity index (χ0v) is 10.6. The average Bonchev–Trinajstić information content (AvgIpc) is 1.97. The van der Waals surface area contributed by atoms with Crippen molar-refractivity contribution < 1.29 is 47.5 Å². The molecule has 14 heavy (non-hydrogen) atoms. The summed E-state index contributed by atoms with van der Waals surface area (Å²) in [6, 6.07) is -0.821. The molecule has 0 aliphatic rings. The molecule has 0 fully saturated rings. The smallest absolute Gasteiger partial charge is 0.320 e. The Hall–Kier alpha value is -0.118. The molecular weight excluding hydrogens is 414 g/mol. The van der Waals surface area contributed by atoms with Gasteiger partial charge in [0.05, 0.1) is 0 Å². The second kappa shape index (κ2) is 11.0. The van der Waals surface area contributed by atoms with E-state index in [0.29, 0.717) is 19.4 Å². The van der Waals surface area contributed by atoms with Crippen LogP contribution < -0.4 is 16.8 Å². The third-order valence-electron chi connectivity index (χ3n) is 1.32. The Morgan fingerprint density at radius 1 is 1.57 bits per heavy atom. The van der Waals surface area contributed by atoms with Crippen molar-refractivity contribution in [2.75, 3.05) is 6.54 Å². The van der Waals surface area contributed by atoms with Crippen LogP contribution in [0.5, 0.6) is 0 Å². The van der Waals surface area contributed by atoms with E-state index in [1.54, 1.807) is 0 Å². The second-order valence-electron chi connectivity index (χ2n) is 2.43. The largest absolute Gasteiger partial charge is 0.480 e. The molecule has 0 aliphatic heterocycles. The minimum absolute atomic E-state index is 0. The predicted molar refractivity (Wildman–Crippen MR) is 44.8 cm³/mol. The van der Waals surface area contributed by atoms with Crippen molar-refractivity contribution in [3.63, 3.8) is 0 Å². The number of hydrogen-bond donors (Lipinski definition) is 5. The molecule has 1 unspecified atom stereocenters. The summed E-state index contributed by atoms with van der Waals surface area (Å²) in [5, 5.41) is 17.7. The van der Waals surface area contributed by atoms with Gasteiger partial charge in [0.15, 0.2) is 5.96 Å². The van der Waals surface area contributed by atoms with E-state index in [-0.39, 0.29) is 43.5 Å². The van der Waals surface area contributed by atoms with Crippen molar-refractivity contribution in [3.05, 3.63) is 0 Å². The first-order valence-electron chi connectivity index (χ1n) is 3.60. The van der Waals surface area contributed by atoms with E-state index < -0.39 is 12.0 Å². The van der Waals surface area contributed by atoms with E-state index in [2.05, 4.69) is 5.32 Å². The van der Waals surface area contributed by atoms with E-state index >= 15 is 0 Å². The molecule has 0 amide bonds. The maximum Gasteiger partial charge on any atom is 0.320 e. The Morgan fingerprint density at radius 3 is 2.43 bits per heavy atom. The molecule has 8 heteroatoms. The van der Waals surface area contributed by atoms with Crippen molar-refractivity contribution in [1.82, 2.24) is 5.32 Å². The molecule has 0 bridgehead atoms. The first-order valence-corrected chi connectivity index (χ1v) is 3.60. The molecule has 0 aromatic rings. The molecule has 7 N–H and O–H groups in total. The fraction of sp³-hybridized carbons (Fsp3) is 0.667. The number of nitrogens with one attached hydrogen (secondary N) is 2. The van der Waals surface area contributed by atoms with Gasteiger partial charge in [-0.3, -0.25) is 10.2 Å². The first kappa shape index (κ1) is 19.5. The maximum absolute atomic E-state index is 10.2.